The molecule has 0 radical (unpaired) electrons. The highest BCUT2D eigenvalue weighted by molar-refractivity contribution is 6.44. The quantitative estimate of drug-likeness (QED) is 0.549. The number of hydrogen-bond acceptors (Lipinski definition) is 4. The molecule has 1 saturated heterocycles. The van der Waals surface area contributed by atoms with Gasteiger partial charge in [0.1, 0.15) is 12.3 Å². The van der Waals surface area contributed by atoms with Crippen molar-refractivity contribution in [2.75, 3.05) is 26.9 Å². The highest BCUT2D eigenvalue weighted by Gasteiger charge is 2.45. The molecule has 4 amide bonds. The summed E-state index contributed by atoms with van der Waals surface area (Å²) >= 11 is 0. The second kappa shape index (κ2) is 8.11. The van der Waals surface area contributed by atoms with E-state index in [1.807, 2.05) is 52.1 Å². The predicted octanol–water partition coefficient (Wildman–Crippen LogP) is 0.504. The lowest BCUT2D eigenvalue weighted by atomic mass is 10.2. The van der Waals surface area contributed by atoms with Crippen molar-refractivity contribution in [2.45, 2.75) is 27.3 Å². The van der Waals surface area contributed by atoms with E-state index < -0.39 is 17.8 Å². The first-order valence-corrected chi connectivity index (χ1v) is 8.53. The first-order chi connectivity index (χ1) is 11.8. The van der Waals surface area contributed by atoms with Crippen LogP contribution in [0.5, 0.6) is 5.75 Å². The Bertz CT molecular complexity index is 642. The van der Waals surface area contributed by atoms with Crippen LogP contribution in [0.3, 0.4) is 0 Å². The Kier molecular flexibility index (Phi) is 6.14. The Hall–Kier alpha value is -2.41. The molecule has 0 aromatic heterocycles. The minimum Gasteiger partial charge on any atom is -0.494 e. The van der Waals surface area contributed by atoms with Crippen LogP contribution in [-0.2, 0) is 16.1 Å². The van der Waals surface area contributed by atoms with E-state index in [0.29, 0.717) is 13.2 Å². The predicted molar refractivity (Wildman–Crippen MR) is 91.9 cm³/mol. The van der Waals surface area contributed by atoms with E-state index in [1.54, 1.807) is 0 Å². The maximum atomic E-state index is 12.3. The molecule has 1 fully saturated rings. The van der Waals surface area contributed by atoms with Gasteiger partial charge in [0.15, 0.2) is 6.67 Å². The molecule has 1 N–H and O–H groups in total. The third kappa shape index (κ3) is 4.57. The summed E-state index contributed by atoms with van der Waals surface area (Å²) in [5.41, 5.74) is 1.06. The maximum Gasteiger partial charge on any atom is 0.338 e. The van der Waals surface area contributed by atoms with Gasteiger partial charge < -0.3 is 9.64 Å². The second-order valence-electron chi connectivity index (χ2n) is 6.69. The standard InChI is InChI=1S/C18H25N3O4/c1-5-25-15-8-6-14(7-9-15)11-19(4)12-21-17(23)16(22)20(18(21)24)10-13(2)3/h6-9,13H,5,10-12H2,1-4H3/p+1. The lowest BCUT2D eigenvalue weighted by Gasteiger charge is -2.20. The highest BCUT2D eigenvalue weighted by atomic mass is 16.5. The van der Waals surface area contributed by atoms with Crippen LogP contribution in [0.15, 0.2) is 24.3 Å². The number of amides is 4. The molecule has 1 aromatic carbocycles. The number of carbonyl (C=O) groups excluding carboxylic acids is 3. The molecule has 0 saturated carbocycles. The summed E-state index contributed by atoms with van der Waals surface area (Å²) in [6.45, 7) is 7.39. The van der Waals surface area contributed by atoms with Gasteiger partial charge in [-0.25, -0.2) is 9.69 Å². The van der Waals surface area contributed by atoms with E-state index in [0.717, 1.165) is 26.0 Å². The fraction of sp³-hybridized carbons (Fsp3) is 0.500. The largest absolute Gasteiger partial charge is 0.494 e. The number of ether oxygens (including phenoxy) is 1. The van der Waals surface area contributed by atoms with Crippen LogP contribution in [0, 0.1) is 5.92 Å². The molecule has 1 atom stereocenters. The smallest absolute Gasteiger partial charge is 0.338 e. The van der Waals surface area contributed by atoms with Crippen LogP contribution >= 0.6 is 0 Å². The molecule has 1 aromatic rings. The van der Waals surface area contributed by atoms with E-state index in [2.05, 4.69) is 0 Å². The summed E-state index contributed by atoms with van der Waals surface area (Å²) in [6, 6.07) is 7.18. The number of carbonyl (C=O) groups is 3. The second-order valence-corrected chi connectivity index (χ2v) is 6.69. The molecular weight excluding hydrogens is 322 g/mol. The molecule has 0 aliphatic carbocycles. The molecule has 0 spiro atoms. The summed E-state index contributed by atoms with van der Waals surface area (Å²) in [4.78, 5) is 39.4. The van der Waals surface area contributed by atoms with Crippen molar-refractivity contribution in [1.29, 1.82) is 0 Å². The number of hydrogen-bond donors (Lipinski definition) is 1. The van der Waals surface area contributed by atoms with Crippen LogP contribution in [0.2, 0.25) is 0 Å². The Morgan fingerprint density at radius 2 is 1.64 bits per heavy atom. The summed E-state index contributed by atoms with van der Waals surface area (Å²) in [5, 5.41) is 0. The minimum absolute atomic E-state index is 0.120. The molecule has 2 rings (SSSR count). The van der Waals surface area contributed by atoms with Gasteiger partial charge in [-0.05, 0) is 37.1 Å². The SMILES string of the molecule is CCOc1ccc(C[NH+](C)CN2C(=O)C(=O)N(CC(C)C)C2=O)cc1. The number of imide groups is 2. The first-order valence-electron chi connectivity index (χ1n) is 8.53. The van der Waals surface area contributed by atoms with Crippen molar-refractivity contribution in [1.82, 2.24) is 9.80 Å². The van der Waals surface area contributed by atoms with Crippen LogP contribution < -0.4 is 9.64 Å². The average molecular weight is 348 g/mol. The molecular formula is C18H26N3O4+. The third-order valence-corrected chi connectivity index (χ3v) is 3.85. The molecule has 7 nitrogen and oxygen atoms in total. The van der Waals surface area contributed by atoms with Crippen molar-refractivity contribution in [3.8, 4) is 5.75 Å². The minimum atomic E-state index is -0.739. The summed E-state index contributed by atoms with van der Waals surface area (Å²) in [5.74, 6) is -0.539. The van der Waals surface area contributed by atoms with Gasteiger partial charge in [0.05, 0.1) is 13.7 Å². The maximum absolute atomic E-state index is 12.3. The number of nitrogens with zero attached hydrogens (tertiary/aromatic N) is 2. The normalized spacial score (nSPS) is 16.1. The topological polar surface area (TPSA) is 71.4 Å². The van der Waals surface area contributed by atoms with E-state index in [4.69, 9.17) is 4.74 Å². The van der Waals surface area contributed by atoms with E-state index in [9.17, 15) is 14.4 Å². The van der Waals surface area contributed by atoms with Crippen LogP contribution in [-0.4, -0.2) is 54.5 Å². The van der Waals surface area contributed by atoms with Crippen molar-refractivity contribution < 1.29 is 24.0 Å². The monoisotopic (exact) mass is 348 g/mol. The van der Waals surface area contributed by atoms with Gasteiger partial charge in [-0.1, -0.05) is 13.8 Å². The number of rotatable bonds is 8. The van der Waals surface area contributed by atoms with Gasteiger partial charge in [-0.2, -0.15) is 0 Å². The number of benzene rings is 1. The molecule has 1 unspecified atom stereocenters. The molecule has 0 bridgehead atoms. The number of quaternary nitrogens is 1. The zero-order valence-corrected chi connectivity index (χ0v) is 15.2. The average Bonchev–Trinajstić information content (AvgIpc) is 2.74. The van der Waals surface area contributed by atoms with E-state index >= 15 is 0 Å². The van der Waals surface area contributed by atoms with Crippen molar-refractivity contribution in [3.05, 3.63) is 29.8 Å². The Morgan fingerprint density at radius 3 is 2.20 bits per heavy atom. The highest BCUT2D eigenvalue weighted by Crippen LogP contribution is 2.13. The molecule has 1 aliphatic rings. The van der Waals surface area contributed by atoms with Crippen LogP contribution in [0.25, 0.3) is 0 Å². The summed E-state index contributed by atoms with van der Waals surface area (Å²) < 4.78 is 5.41. The van der Waals surface area contributed by atoms with Gasteiger partial charge >= 0.3 is 17.8 Å². The molecule has 25 heavy (non-hydrogen) atoms. The van der Waals surface area contributed by atoms with Gasteiger partial charge in [-0.3, -0.25) is 14.5 Å². The lowest BCUT2D eigenvalue weighted by molar-refractivity contribution is -0.901. The lowest BCUT2D eigenvalue weighted by Crippen LogP contribution is -3.09. The molecule has 7 heteroatoms. The van der Waals surface area contributed by atoms with Crippen molar-refractivity contribution in [3.63, 3.8) is 0 Å². The fourth-order valence-corrected chi connectivity index (χ4v) is 2.76. The zero-order chi connectivity index (χ0) is 18.6. The fourth-order valence-electron chi connectivity index (χ4n) is 2.76. The molecule has 1 aliphatic heterocycles. The number of nitrogens with one attached hydrogen (secondary N) is 1. The van der Waals surface area contributed by atoms with Crippen molar-refractivity contribution in [2.24, 2.45) is 5.92 Å². The third-order valence-electron chi connectivity index (χ3n) is 3.85. The summed E-state index contributed by atoms with van der Waals surface area (Å²) in [7, 11) is 1.88. The van der Waals surface area contributed by atoms with E-state index in [-0.39, 0.29) is 19.1 Å². The first kappa shape index (κ1) is 18.9. The van der Waals surface area contributed by atoms with Crippen molar-refractivity contribution >= 4 is 17.8 Å². The summed E-state index contributed by atoms with van der Waals surface area (Å²) in [6.07, 6.45) is 0. The van der Waals surface area contributed by atoms with Crippen LogP contribution in [0.4, 0.5) is 4.79 Å². The molecule has 136 valence electrons. The zero-order valence-electron chi connectivity index (χ0n) is 15.2. The van der Waals surface area contributed by atoms with Gasteiger partial charge in [0.2, 0.25) is 0 Å². The van der Waals surface area contributed by atoms with Gasteiger partial charge in [0.25, 0.3) is 0 Å². The number of urea groups is 1. The van der Waals surface area contributed by atoms with Gasteiger partial charge in [-0.15, -0.1) is 0 Å². The Morgan fingerprint density at radius 1 is 1.04 bits per heavy atom. The van der Waals surface area contributed by atoms with Crippen LogP contribution in [0.1, 0.15) is 26.3 Å². The van der Waals surface area contributed by atoms with E-state index in [1.165, 1.54) is 0 Å². The Balaban J connectivity index is 1.97. The van der Waals surface area contributed by atoms with Gasteiger partial charge in [0, 0.05) is 12.1 Å². The molecule has 1 heterocycles. The Labute approximate surface area is 148 Å².